The van der Waals surface area contributed by atoms with Crippen molar-refractivity contribution >= 4 is 33.3 Å². The van der Waals surface area contributed by atoms with E-state index in [1.54, 1.807) is 18.2 Å². The lowest BCUT2D eigenvalue weighted by molar-refractivity contribution is -0.120. The smallest absolute Gasteiger partial charge is 0.271 e. The molecule has 1 aliphatic carbocycles. The van der Waals surface area contributed by atoms with Crippen molar-refractivity contribution in [2.24, 2.45) is 10.5 Å². The Kier molecular flexibility index (Phi) is 4.38. The molecule has 1 aromatic rings. The predicted molar refractivity (Wildman–Crippen MR) is 81.7 cm³/mol. The summed E-state index contributed by atoms with van der Waals surface area (Å²) in [6.45, 7) is 4.07. The fraction of sp³-hybridized carbons (Fsp3) is 0.400. The molecular weight excluding hydrogens is 320 g/mol. The summed E-state index contributed by atoms with van der Waals surface area (Å²) in [7, 11) is 0. The number of benzene rings is 1. The molecular formula is C15H17BrN2O2. The van der Waals surface area contributed by atoms with Gasteiger partial charge < -0.3 is 0 Å². The lowest BCUT2D eigenvalue weighted by Crippen LogP contribution is -2.31. The van der Waals surface area contributed by atoms with Crippen LogP contribution in [0.5, 0.6) is 0 Å². The number of nitrogens with zero attached hydrogens (tertiary/aromatic N) is 1. The average molecular weight is 337 g/mol. The summed E-state index contributed by atoms with van der Waals surface area (Å²) in [5.41, 5.74) is 3.73. The first-order chi connectivity index (χ1) is 9.35. The van der Waals surface area contributed by atoms with E-state index in [2.05, 4.69) is 26.5 Å². The van der Waals surface area contributed by atoms with Gasteiger partial charge in [0.05, 0.1) is 0 Å². The molecule has 0 aromatic heterocycles. The van der Waals surface area contributed by atoms with Crippen LogP contribution >= 0.6 is 15.9 Å². The molecule has 0 bridgehead atoms. The van der Waals surface area contributed by atoms with E-state index < -0.39 is 0 Å². The van der Waals surface area contributed by atoms with Gasteiger partial charge in [-0.1, -0.05) is 35.8 Å². The minimum Gasteiger partial charge on any atom is -0.299 e. The van der Waals surface area contributed by atoms with Crippen LogP contribution in [0.1, 0.15) is 43.5 Å². The number of hydrogen-bond acceptors (Lipinski definition) is 3. The SMILES string of the molecule is CC1(C)CC(=O)CC(=NNC(=O)c2cccc(Br)c2)C1. The number of hydrazone groups is 1. The maximum atomic E-state index is 12.0. The van der Waals surface area contributed by atoms with Crippen LogP contribution < -0.4 is 5.43 Å². The van der Waals surface area contributed by atoms with Crippen molar-refractivity contribution in [3.63, 3.8) is 0 Å². The fourth-order valence-corrected chi connectivity index (χ4v) is 2.80. The van der Waals surface area contributed by atoms with Gasteiger partial charge in [0.2, 0.25) is 0 Å². The van der Waals surface area contributed by atoms with E-state index in [1.165, 1.54) is 0 Å². The molecule has 4 nitrogen and oxygen atoms in total. The number of carbonyl (C=O) groups excluding carboxylic acids is 2. The zero-order chi connectivity index (χ0) is 14.8. The van der Waals surface area contributed by atoms with Gasteiger partial charge in [0.25, 0.3) is 5.91 Å². The van der Waals surface area contributed by atoms with Gasteiger partial charge in [0, 0.05) is 28.6 Å². The van der Waals surface area contributed by atoms with Crippen LogP contribution in [0.15, 0.2) is 33.8 Å². The van der Waals surface area contributed by atoms with Gasteiger partial charge in [0.1, 0.15) is 5.78 Å². The summed E-state index contributed by atoms with van der Waals surface area (Å²) in [6, 6.07) is 7.09. The second-order valence-electron chi connectivity index (χ2n) is 5.86. The third-order valence-electron chi connectivity index (χ3n) is 3.16. The zero-order valence-electron chi connectivity index (χ0n) is 11.6. The van der Waals surface area contributed by atoms with Gasteiger partial charge in [-0.15, -0.1) is 0 Å². The summed E-state index contributed by atoms with van der Waals surface area (Å²) < 4.78 is 0.840. The van der Waals surface area contributed by atoms with E-state index in [4.69, 9.17) is 0 Å². The zero-order valence-corrected chi connectivity index (χ0v) is 13.2. The Balaban J connectivity index is 2.05. The van der Waals surface area contributed by atoms with Gasteiger partial charge in [-0.2, -0.15) is 5.10 Å². The molecule has 1 aliphatic rings. The molecule has 0 saturated heterocycles. The quantitative estimate of drug-likeness (QED) is 0.842. The first kappa shape index (κ1) is 14.9. The minimum atomic E-state index is -0.269. The van der Waals surface area contributed by atoms with Crippen molar-refractivity contribution in [3.8, 4) is 0 Å². The van der Waals surface area contributed by atoms with Crippen molar-refractivity contribution in [2.45, 2.75) is 33.1 Å². The predicted octanol–water partition coefficient (Wildman–Crippen LogP) is 3.31. The Morgan fingerprint density at radius 1 is 1.35 bits per heavy atom. The molecule has 1 aromatic carbocycles. The second-order valence-corrected chi connectivity index (χ2v) is 6.78. The molecule has 1 fully saturated rings. The molecule has 1 saturated carbocycles. The molecule has 106 valence electrons. The topological polar surface area (TPSA) is 58.5 Å². The summed E-state index contributed by atoms with van der Waals surface area (Å²) >= 11 is 3.32. The van der Waals surface area contributed by atoms with Crippen molar-refractivity contribution in [2.75, 3.05) is 0 Å². The van der Waals surface area contributed by atoms with Crippen LogP contribution in [-0.2, 0) is 4.79 Å². The molecule has 5 heteroatoms. The maximum absolute atomic E-state index is 12.0. The summed E-state index contributed by atoms with van der Waals surface area (Å²) in [5, 5.41) is 4.12. The summed E-state index contributed by atoms with van der Waals surface area (Å²) in [6.07, 6.45) is 1.64. The third-order valence-corrected chi connectivity index (χ3v) is 3.66. The Labute approximate surface area is 126 Å². The molecule has 1 N–H and O–H groups in total. The van der Waals surface area contributed by atoms with Crippen LogP contribution in [0, 0.1) is 5.41 Å². The van der Waals surface area contributed by atoms with E-state index in [9.17, 15) is 9.59 Å². The first-order valence-corrected chi connectivity index (χ1v) is 7.28. The highest BCUT2D eigenvalue weighted by molar-refractivity contribution is 9.10. The molecule has 0 radical (unpaired) electrons. The number of halogens is 1. The van der Waals surface area contributed by atoms with E-state index in [-0.39, 0.29) is 17.1 Å². The van der Waals surface area contributed by atoms with E-state index in [0.29, 0.717) is 18.4 Å². The molecule has 0 atom stereocenters. The monoisotopic (exact) mass is 336 g/mol. The van der Waals surface area contributed by atoms with Crippen molar-refractivity contribution in [1.29, 1.82) is 0 Å². The van der Waals surface area contributed by atoms with Gasteiger partial charge in [0.15, 0.2) is 0 Å². The number of Topliss-reactive ketones (excluding diaryl/α,β-unsaturated/α-hetero) is 1. The van der Waals surface area contributed by atoms with Crippen molar-refractivity contribution in [1.82, 2.24) is 5.43 Å². The number of carbonyl (C=O) groups is 2. The number of hydrogen-bond donors (Lipinski definition) is 1. The third kappa shape index (κ3) is 4.00. The number of rotatable bonds is 2. The van der Waals surface area contributed by atoms with E-state index in [0.717, 1.165) is 16.6 Å². The van der Waals surface area contributed by atoms with Crippen LogP contribution in [0.4, 0.5) is 0 Å². The molecule has 0 spiro atoms. The van der Waals surface area contributed by atoms with Gasteiger partial charge in [-0.25, -0.2) is 5.43 Å². The van der Waals surface area contributed by atoms with Crippen LogP contribution in [0.3, 0.4) is 0 Å². The van der Waals surface area contributed by atoms with E-state index >= 15 is 0 Å². The highest BCUT2D eigenvalue weighted by Crippen LogP contribution is 2.31. The first-order valence-electron chi connectivity index (χ1n) is 6.49. The van der Waals surface area contributed by atoms with Gasteiger partial charge >= 0.3 is 0 Å². The molecule has 1 amide bonds. The van der Waals surface area contributed by atoms with Crippen LogP contribution in [0.25, 0.3) is 0 Å². The molecule has 20 heavy (non-hydrogen) atoms. The van der Waals surface area contributed by atoms with Gasteiger partial charge in [-0.3, -0.25) is 9.59 Å². The Hall–Kier alpha value is -1.49. The Bertz CT molecular complexity index is 579. The number of ketones is 1. The number of amides is 1. The standard InChI is InChI=1S/C15H17BrN2O2/c1-15(2)8-12(7-13(19)9-15)17-18-14(20)10-4-3-5-11(16)6-10/h3-6H,7-9H2,1-2H3,(H,18,20). The Morgan fingerprint density at radius 2 is 2.10 bits per heavy atom. The summed E-state index contributed by atoms with van der Waals surface area (Å²) in [5.74, 6) is -0.0914. The van der Waals surface area contributed by atoms with Crippen LogP contribution in [-0.4, -0.2) is 17.4 Å². The van der Waals surface area contributed by atoms with Crippen molar-refractivity contribution < 1.29 is 9.59 Å². The largest absolute Gasteiger partial charge is 0.299 e. The molecule has 0 heterocycles. The van der Waals surface area contributed by atoms with Crippen LogP contribution in [0.2, 0.25) is 0 Å². The normalized spacial score (nSPS) is 19.9. The van der Waals surface area contributed by atoms with Crippen molar-refractivity contribution in [3.05, 3.63) is 34.3 Å². The second kappa shape index (κ2) is 5.87. The lowest BCUT2D eigenvalue weighted by atomic mass is 9.76. The highest BCUT2D eigenvalue weighted by Gasteiger charge is 2.30. The molecule has 0 unspecified atom stereocenters. The van der Waals surface area contributed by atoms with E-state index in [1.807, 2.05) is 19.9 Å². The maximum Gasteiger partial charge on any atom is 0.271 e. The fourth-order valence-electron chi connectivity index (χ4n) is 2.40. The number of nitrogens with one attached hydrogen (secondary N) is 1. The minimum absolute atomic E-state index is 0.0747. The average Bonchev–Trinajstić information content (AvgIpc) is 2.33. The lowest BCUT2D eigenvalue weighted by Gasteiger charge is -2.28. The molecule has 2 rings (SSSR count). The van der Waals surface area contributed by atoms with Gasteiger partial charge in [-0.05, 0) is 30.0 Å². The Morgan fingerprint density at radius 3 is 2.75 bits per heavy atom. The summed E-state index contributed by atoms with van der Waals surface area (Å²) in [4.78, 5) is 23.6. The highest BCUT2D eigenvalue weighted by atomic mass is 79.9. The molecule has 0 aliphatic heterocycles.